The summed E-state index contributed by atoms with van der Waals surface area (Å²) >= 11 is 4.25. The standard InChI is InChI=1S/C6H9F2.BrH.Zn/c7-6(8)4-2-1-3-5-6;;/h1H,2-5H2;1H;/q-1;;+2/p-1. The molecule has 1 saturated carbocycles. The van der Waals surface area contributed by atoms with Gasteiger partial charge in [-0.1, -0.05) is 0 Å². The quantitative estimate of drug-likeness (QED) is 0.465. The van der Waals surface area contributed by atoms with Gasteiger partial charge in [-0.05, 0) is 12.8 Å². The fourth-order valence-corrected chi connectivity index (χ4v) is 0.896. The van der Waals surface area contributed by atoms with Crippen LogP contribution in [-0.4, -0.2) is 5.92 Å². The van der Waals surface area contributed by atoms with Gasteiger partial charge in [-0.3, -0.25) is 0 Å². The van der Waals surface area contributed by atoms with Crippen LogP contribution in [0.3, 0.4) is 0 Å². The van der Waals surface area contributed by atoms with Gasteiger partial charge in [0.15, 0.2) is 0 Å². The molecule has 1 aliphatic carbocycles. The van der Waals surface area contributed by atoms with E-state index in [2.05, 4.69) is 13.6 Å². The summed E-state index contributed by atoms with van der Waals surface area (Å²) in [4.78, 5) is 0. The van der Waals surface area contributed by atoms with Gasteiger partial charge in [-0.2, -0.15) is 12.8 Å². The molecule has 0 atom stereocenters. The molecule has 0 aromatic carbocycles. The van der Waals surface area contributed by atoms with Crippen LogP contribution >= 0.6 is 13.6 Å². The summed E-state index contributed by atoms with van der Waals surface area (Å²) in [6.07, 6.45) is 3.23. The topological polar surface area (TPSA) is 0 Å². The summed E-state index contributed by atoms with van der Waals surface area (Å²) in [5, 5.41) is 0. The minimum absolute atomic E-state index is 0.0625. The van der Waals surface area contributed by atoms with Gasteiger partial charge < -0.3 is 6.42 Å². The third kappa shape index (κ3) is 4.73. The molecule has 1 rings (SSSR count). The Kier molecular flexibility index (Phi) is 6.13. The van der Waals surface area contributed by atoms with Gasteiger partial charge in [-0.15, -0.1) is 0 Å². The molecule has 0 bridgehead atoms. The molecule has 0 amide bonds. The van der Waals surface area contributed by atoms with Crippen LogP contribution < -0.4 is 0 Å². The van der Waals surface area contributed by atoms with Gasteiger partial charge in [0, 0.05) is 0 Å². The molecular formula is C6H9BrF2Zn. The Labute approximate surface area is 76.8 Å². The fourth-order valence-electron chi connectivity index (χ4n) is 0.896. The van der Waals surface area contributed by atoms with E-state index in [1.807, 2.05) is 6.42 Å². The Bertz CT molecular complexity index is 79.8. The molecular weight excluding hydrogens is 255 g/mol. The van der Waals surface area contributed by atoms with Crippen LogP contribution in [0.25, 0.3) is 0 Å². The Hall–Kier alpha value is 0.963. The van der Waals surface area contributed by atoms with Crippen LogP contribution in [0.15, 0.2) is 0 Å². The summed E-state index contributed by atoms with van der Waals surface area (Å²) in [6.45, 7) is 0. The number of halogens is 3. The number of alkyl halides is 2. The monoisotopic (exact) mass is 262 g/mol. The molecule has 0 spiro atoms. The van der Waals surface area contributed by atoms with E-state index in [1.54, 1.807) is 0 Å². The maximum absolute atomic E-state index is 12.2. The van der Waals surface area contributed by atoms with Crippen molar-refractivity contribution in [3.63, 3.8) is 0 Å². The predicted molar refractivity (Wildman–Crippen MR) is 36.6 cm³/mol. The minimum atomic E-state index is -2.35. The fraction of sp³-hybridized carbons (Fsp3) is 0.833. The van der Waals surface area contributed by atoms with Gasteiger partial charge in [0.05, 0.1) is 0 Å². The van der Waals surface area contributed by atoms with E-state index < -0.39 is 5.92 Å². The van der Waals surface area contributed by atoms with Crippen LogP contribution in [0.2, 0.25) is 0 Å². The normalized spacial score (nSPS) is 22.9. The Morgan fingerprint density at radius 2 is 1.60 bits per heavy atom. The summed E-state index contributed by atoms with van der Waals surface area (Å²) in [7, 11) is 0. The third-order valence-corrected chi connectivity index (χ3v) is 1.43. The molecule has 0 N–H and O–H groups in total. The average molecular weight is 264 g/mol. The second-order valence-corrected chi connectivity index (χ2v) is 2.22. The zero-order chi connectivity index (χ0) is 8.04. The van der Waals surface area contributed by atoms with Crippen molar-refractivity contribution in [3.8, 4) is 0 Å². The molecule has 0 aliphatic heterocycles. The first-order chi connectivity index (χ1) is 4.71. The van der Waals surface area contributed by atoms with Crippen LogP contribution in [0.4, 0.5) is 8.78 Å². The molecule has 0 radical (unpaired) electrons. The molecule has 56 valence electrons. The van der Waals surface area contributed by atoms with Gasteiger partial charge in [0.25, 0.3) is 0 Å². The second kappa shape index (κ2) is 5.59. The molecule has 1 aliphatic rings. The number of hydrogen-bond donors (Lipinski definition) is 0. The Morgan fingerprint density at radius 3 is 1.80 bits per heavy atom. The average Bonchev–Trinajstić information content (AvgIpc) is 1.92. The second-order valence-electron chi connectivity index (χ2n) is 2.22. The van der Waals surface area contributed by atoms with Crippen LogP contribution in [-0.2, 0) is 16.3 Å². The van der Waals surface area contributed by atoms with Crippen molar-refractivity contribution in [1.29, 1.82) is 0 Å². The van der Waals surface area contributed by atoms with Gasteiger partial charge in [0.1, 0.15) is 0 Å². The molecule has 0 aromatic rings. The van der Waals surface area contributed by atoms with Crippen molar-refractivity contribution < 1.29 is 25.1 Å². The van der Waals surface area contributed by atoms with Crippen molar-refractivity contribution in [1.82, 2.24) is 0 Å². The SMILES string of the molecule is FC1(F)CC[CH-]CC1.[Zn+][Br]. The van der Waals surface area contributed by atoms with Gasteiger partial charge in [-0.25, -0.2) is 8.78 Å². The summed E-state index contributed by atoms with van der Waals surface area (Å²) in [5.41, 5.74) is 0. The van der Waals surface area contributed by atoms with Crippen molar-refractivity contribution in [3.05, 3.63) is 6.42 Å². The van der Waals surface area contributed by atoms with Crippen molar-refractivity contribution in [2.45, 2.75) is 31.6 Å². The van der Waals surface area contributed by atoms with E-state index in [0.717, 1.165) is 0 Å². The van der Waals surface area contributed by atoms with Crippen molar-refractivity contribution >= 4 is 13.6 Å². The molecule has 4 heteroatoms. The molecule has 0 aromatic heterocycles. The molecule has 0 saturated heterocycles. The summed E-state index contributed by atoms with van der Waals surface area (Å²) in [5.74, 6) is -2.35. The van der Waals surface area contributed by atoms with E-state index >= 15 is 0 Å². The van der Waals surface area contributed by atoms with Gasteiger partial charge in [0.2, 0.25) is 5.92 Å². The van der Waals surface area contributed by atoms with Gasteiger partial charge >= 0.3 is 30.0 Å². The first-order valence-electron chi connectivity index (χ1n) is 3.17. The number of hydrogen-bond acceptors (Lipinski definition) is 0. The Morgan fingerprint density at radius 1 is 1.20 bits per heavy atom. The zero-order valence-electron chi connectivity index (χ0n) is 5.75. The first-order valence-corrected chi connectivity index (χ1v) is 10.1. The summed E-state index contributed by atoms with van der Waals surface area (Å²) < 4.78 is 24.4. The van der Waals surface area contributed by atoms with E-state index in [1.165, 1.54) is 16.3 Å². The molecule has 0 nitrogen and oxygen atoms in total. The molecule has 0 unspecified atom stereocenters. The Balaban J connectivity index is 0.000000371. The molecule has 1 fully saturated rings. The van der Waals surface area contributed by atoms with E-state index in [9.17, 15) is 8.78 Å². The van der Waals surface area contributed by atoms with Crippen molar-refractivity contribution in [2.75, 3.05) is 0 Å². The maximum atomic E-state index is 12.2. The summed E-state index contributed by atoms with van der Waals surface area (Å²) in [6, 6.07) is 0. The molecule has 0 heterocycles. The number of rotatable bonds is 0. The van der Waals surface area contributed by atoms with E-state index in [4.69, 9.17) is 0 Å². The van der Waals surface area contributed by atoms with E-state index in [-0.39, 0.29) is 12.8 Å². The van der Waals surface area contributed by atoms with Crippen LogP contribution in [0, 0.1) is 6.42 Å². The van der Waals surface area contributed by atoms with E-state index in [0.29, 0.717) is 12.8 Å². The molecule has 10 heavy (non-hydrogen) atoms. The zero-order valence-corrected chi connectivity index (χ0v) is 10.3. The van der Waals surface area contributed by atoms with Crippen molar-refractivity contribution in [2.24, 2.45) is 0 Å². The predicted octanol–water partition coefficient (Wildman–Crippen LogP) is 3.24. The van der Waals surface area contributed by atoms with Crippen LogP contribution in [0.5, 0.6) is 0 Å². The third-order valence-electron chi connectivity index (χ3n) is 1.43. The first kappa shape index (κ1) is 11.0. The van der Waals surface area contributed by atoms with Crippen LogP contribution in [0.1, 0.15) is 25.7 Å².